The molecule has 0 saturated carbocycles. The van der Waals surface area contributed by atoms with Crippen LogP contribution in [0.1, 0.15) is 39.6 Å². The molecule has 3 rings (SSSR count). The number of methoxy groups -OCH3 is 1. The van der Waals surface area contributed by atoms with Crippen LogP contribution in [0, 0.1) is 0 Å². The number of nitrogens with one attached hydrogen (secondary N) is 1. The molecule has 0 bridgehead atoms. The summed E-state index contributed by atoms with van der Waals surface area (Å²) in [6, 6.07) is 11.0. The molecule has 138 valence electrons. The van der Waals surface area contributed by atoms with E-state index in [4.69, 9.17) is 9.26 Å². The molecule has 0 fully saturated rings. The lowest BCUT2D eigenvalue weighted by atomic mass is 10.0. The molecule has 0 radical (unpaired) electrons. The normalized spacial score (nSPS) is 11.6. The van der Waals surface area contributed by atoms with Crippen LogP contribution in [0.5, 0.6) is 5.75 Å². The average molecular weight is 367 g/mol. The molecule has 0 aliphatic rings. The van der Waals surface area contributed by atoms with Gasteiger partial charge in [0.1, 0.15) is 22.7 Å². The van der Waals surface area contributed by atoms with Gasteiger partial charge in [-0.05, 0) is 43.3 Å². The molecule has 0 aliphatic carbocycles. The largest absolute Gasteiger partial charge is 0.497 e. The van der Waals surface area contributed by atoms with Gasteiger partial charge in [-0.15, -0.1) is 0 Å². The molecule has 2 aromatic heterocycles. The second kappa shape index (κ2) is 7.69. The van der Waals surface area contributed by atoms with Crippen LogP contribution in [-0.4, -0.2) is 34.2 Å². The second-order valence-corrected chi connectivity index (χ2v) is 5.71. The first kappa shape index (κ1) is 18.1. The van der Waals surface area contributed by atoms with E-state index in [2.05, 4.69) is 15.5 Å². The standard InChI is InChI=1S/C19H17N3O5/c1-11(21-18(23)14-5-3-4-10-20-14)17-15(19(24)25)16(22-27-17)12-6-8-13(26-2)9-7-12/h3-11H,1-2H3,(H,21,23)(H,24,25)/t11-/m1/s1. The number of hydrogen-bond donors (Lipinski definition) is 2. The van der Waals surface area contributed by atoms with Crippen molar-refractivity contribution < 1.29 is 24.0 Å². The average Bonchev–Trinajstić information content (AvgIpc) is 3.14. The Morgan fingerprint density at radius 3 is 2.52 bits per heavy atom. The Bertz CT molecular complexity index is 951. The molecule has 0 saturated heterocycles. The number of pyridine rings is 1. The van der Waals surface area contributed by atoms with Gasteiger partial charge in [-0.25, -0.2) is 4.79 Å². The third kappa shape index (κ3) is 3.79. The summed E-state index contributed by atoms with van der Waals surface area (Å²) in [5.41, 5.74) is 0.857. The van der Waals surface area contributed by atoms with E-state index in [9.17, 15) is 14.7 Å². The van der Waals surface area contributed by atoms with Gasteiger partial charge in [0.15, 0.2) is 5.76 Å². The van der Waals surface area contributed by atoms with Crippen LogP contribution < -0.4 is 10.1 Å². The number of ether oxygens (including phenoxy) is 1. The number of aromatic carboxylic acids is 1. The van der Waals surface area contributed by atoms with Crippen LogP contribution in [0.3, 0.4) is 0 Å². The number of carboxylic acids is 1. The predicted octanol–water partition coefficient (Wildman–Crippen LogP) is 2.93. The smallest absolute Gasteiger partial charge is 0.341 e. The van der Waals surface area contributed by atoms with Crippen LogP contribution in [0.15, 0.2) is 53.2 Å². The van der Waals surface area contributed by atoms with Gasteiger partial charge < -0.3 is 19.7 Å². The summed E-state index contributed by atoms with van der Waals surface area (Å²) >= 11 is 0. The molecule has 2 N–H and O–H groups in total. The Balaban J connectivity index is 1.90. The summed E-state index contributed by atoms with van der Waals surface area (Å²) in [4.78, 5) is 28.0. The monoisotopic (exact) mass is 367 g/mol. The van der Waals surface area contributed by atoms with Gasteiger partial charge in [0.25, 0.3) is 5.91 Å². The highest BCUT2D eigenvalue weighted by molar-refractivity contribution is 5.96. The van der Waals surface area contributed by atoms with Crippen molar-refractivity contribution in [3.63, 3.8) is 0 Å². The number of hydrogen-bond acceptors (Lipinski definition) is 6. The maximum Gasteiger partial charge on any atom is 0.341 e. The van der Waals surface area contributed by atoms with Crippen molar-refractivity contribution in [3.05, 3.63) is 65.7 Å². The topological polar surface area (TPSA) is 115 Å². The Morgan fingerprint density at radius 2 is 1.93 bits per heavy atom. The van der Waals surface area contributed by atoms with E-state index in [1.54, 1.807) is 49.4 Å². The van der Waals surface area contributed by atoms with Gasteiger partial charge in [-0.2, -0.15) is 0 Å². The van der Waals surface area contributed by atoms with Crippen molar-refractivity contribution in [2.45, 2.75) is 13.0 Å². The van der Waals surface area contributed by atoms with Crippen molar-refractivity contribution in [3.8, 4) is 17.0 Å². The number of carbonyl (C=O) groups excluding carboxylic acids is 1. The van der Waals surface area contributed by atoms with E-state index in [0.29, 0.717) is 11.3 Å². The highest BCUT2D eigenvalue weighted by atomic mass is 16.5. The van der Waals surface area contributed by atoms with Crippen molar-refractivity contribution in [2.75, 3.05) is 7.11 Å². The van der Waals surface area contributed by atoms with E-state index in [1.807, 2.05) is 0 Å². The molecule has 1 atom stereocenters. The van der Waals surface area contributed by atoms with Crippen molar-refractivity contribution in [1.29, 1.82) is 0 Å². The van der Waals surface area contributed by atoms with Gasteiger partial charge >= 0.3 is 5.97 Å². The van der Waals surface area contributed by atoms with Crippen LogP contribution in [0.25, 0.3) is 11.3 Å². The number of amides is 1. The van der Waals surface area contributed by atoms with E-state index < -0.39 is 17.9 Å². The van der Waals surface area contributed by atoms with Crippen molar-refractivity contribution in [1.82, 2.24) is 15.5 Å². The molecule has 1 aromatic carbocycles. The fourth-order valence-corrected chi connectivity index (χ4v) is 2.58. The third-order valence-corrected chi connectivity index (χ3v) is 3.93. The first-order valence-electron chi connectivity index (χ1n) is 8.10. The molecular weight excluding hydrogens is 350 g/mol. The Hall–Kier alpha value is -3.68. The number of benzene rings is 1. The minimum absolute atomic E-state index is 0.0533. The highest BCUT2D eigenvalue weighted by Crippen LogP contribution is 2.30. The summed E-state index contributed by atoms with van der Waals surface area (Å²) in [7, 11) is 1.54. The van der Waals surface area contributed by atoms with Gasteiger partial charge in [0, 0.05) is 11.8 Å². The summed E-state index contributed by atoms with van der Waals surface area (Å²) in [6.45, 7) is 1.62. The predicted molar refractivity (Wildman–Crippen MR) is 95.6 cm³/mol. The first-order chi connectivity index (χ1) is 13.0. The first-order valence-corrected chi connectivity index (χ1v) is 8.10. The zero-order chi connectivity index (χ0) is 19.4. The molecule has 27 heavy (non-hydrogen) atoms. The number of nitrogens with zero attached hydrogens (tertiary/aromatic N) is 2. The molecule has 0 aliphatic heterocycles. The zero-order valence-corrected chi connectivity index (χ0v) is 14.7. The number of rotatable bonds is 6. The molecule has 2 heterocycles. The highest BCUT2D eigenvalue weighted by Gasteiger charge is 2.28. The van der Waals surface area contributed by atoms with Crippen LogP contribution in [-0.2, 0) is 0 Å². The van der Waals surface area contributed by atoms with Crippen molar-refractivity contribution >= 4 is 11.9 Å². The lowest BCUT2D eigenvalue weighted by Crippen LogP contribution is -2.28. The lowest BCUT2D eigenvalue weighted by Gasteiger charge is -2.11. The number of carbonyl (C=O) groups is 2. The SMILES string of the molecule is COc1ccc(-c2noc([C@@H](C)NC(=O)c3ccccn3)c2C(=O)O)cc1. The van der Waals surface area contributed by atoms with E-state index in [-0.39, 0.29) is 22.7 Å². The zero-order valence-electron chi connectivity index (χ0n) is 14.7. The Kier molecular flexibility index (Phi) is 5.16. The van der Waals surface area contributed by atoms with Crippen molar-refractivity contribution in [2.24, 2.45) is 0 Å². The summed E-state index contributed by atoms with van der Waals surface area (Å²) in [5.74, 6) is -0.953. The summed E-state index contributed by atoms with van der Waals surface area (Å²) in [5, 5.41) is 16.2. The van der Waals surface area contributed by atoms with E-state index in [0.717, 1.165) is 0 Å². The van der Waals surface area contributed by atoms with Gasteiger partial charge in [-0.1, -0.05) is 11.2 Å². The minimum Gasteiger partial charge on any atom is -0.497 e. The maximum absolute atomic E-state index is 12.3. The van der Waals surface area contributed by atoms with Gasteiger partial charge in [-0.3, -0.25) is 9.78 Å². The summed E-state index contributed by atoms with van der Waals surface area (Å²) < 4.78 is 10.4. The molecule has 0 unspecified atom stereocenters. The van der Waals surface area contributed by atoms with Gasteiger partial charge in [0.05, 0.1) is 13.2 Å². The number of carboxylic acid groups (broad SMARTS) is 1. The van der Waals surface area contributed by atoms with Crippen LogP contribution >= 0.6 is 0 Å². The molecule has 3 aromatic rings. The molecule has 1 amide bonds. The molecule has 8 heteroatoms. The second-order valence-electron chi connectivity index (χ2n) is 5.71. The Morgan fingerprint density at radius 1 is 1.19 bits per heavy atom. The van der Waals surface area contributed by atoms with E-state index >= 15 is 0 Å². The number of aromatic nitrogens is 2. The van der Waals surface area contributed by atoms with Crippen LogP contribution in [0.2, 0.25) is 0 Å². The third-order valence-electron chi connectivity index (χ3n) is 3.93. The summed E-state index contributed by atoms with van der Waals surface area (Å²) in [6.07, 6.45) is 1.50. The van der Waals surface area contributed by atoms with Gasteiger partial charge in [0.2, 0.25) is 0 Å². The van der Waals surface area contributed by atoms with Crippen LogP contribution in [0.4, 0.5) is 0 Å². The van der Waals surface area contributed by atoms with E-state index in [1.165, 1.54) is 13.3 Å². The molecular formula is C19H17N3O5. The Labute approximate surface area is 154 Å². The molecule has 0 spiro atoms. The molecule has 8 nitrogen and oxygen atoms in total. The fourth-order valence-electron chi connectivity index (χ4n) is 2.58. The minimum atomic E-state index is -1.20. The quantitative estimate of drug-likeness (QED) is 0.688. The fraction of sp³-hybridized carbons (Fsp3) is 0.158. The lowest BCUT2D eigenvalue weighted by molar-refractivity contribution is 0.0692. The maximum atomic E-state index is 12.3.